The van der Waals surface area contributed by atoms with E-state index in [1.54, 1.807) is 0 Å². The molecular weight excluding hydrogens is 220 g/mol. The quantitative estimate of drug-likeness (QED) is 0.749. The Bertz CT molecular complexity index is 474. The van der Waals surface area contributed by atoms with Crippen LogP contribution in [0.3, 0.4) is 0 Å². The summed E-state index contributed by atoms with van der Waals surface area (Å²) in [6.07, 6.45) is 1.11. The van der Waals surface area contributed by atoms with Gasteiger partial charge < -0.3 is 4.74 Å². The predicted molar refractivity (Wildman–Crippen MR) is 75.8 cm³/mol. The third-order valence-electron chi connectivity index (χ3n) is 2.88. The zero-order chi connectivity index (χ0) is 12.8. The molecule has 0 spiro atoms. The zero-order valence-corrected chi connectivity index (χ0v) is 11.1. The Hall–Kier alpha value is -1.76. The van der Waals surface area contributed by atoms with Crippen LogP contribution in [0.1, 0.15) is 25.0 Å². The van der Waals surface area contributed by atoms with Crippen LogP contribution in [-0.2, 0) is 13.0 Å². The molecule has 0 atom stereocenters. The lowest BCUT2D eigenvalue weighted by atomic mass is 9.98. The van der Waals surface area contributed by atoms with Crippen molar-refractivity contribution in [2.45, 2.75) is 26.9 Å². The Morgan fingerprint density at radius 2 is 1.44 bits per heavy atom. The maximum atomic E-state index is 5.81. The standard InChI is InChI=1S/C17H20O/c1-14(2)12-15-8-6-7-9-16(15)13-18-17-10-4-3-5-11-17/h3-11,14H,12-13H2,1-2H3. The van der Waals surface area contributed by atoms with Crippen molar-refractivity contribution in [2.24, 2.45) is 5.92 Å². The Kier molecular flexibility index (Phi) is 4.40. The van der Waals surface area contributed by atoms with Crippen LogP contribution in [0, 0.1) is 5.92 Å². The van der Waals surface area contributed by atoms with Gasteiger partial charge in [-0.15, -0.1) is 0 Å². The molecule has 0 unspecified atom stereocenters. The molecule has 0 aromatic heterocycles. The van der Waals surface area contributed by atoms with Gasteiger partial charge in [0.05, 0.1) is 0 Å². The minimum atomic E-state index is 0.646. The summed E-state index contributed by atoms with van der Waals surface area (Å²) in [7, 11) is 0. The molecule has 0 aliphatic carbocycles. The highest BCUT2D eigenvalue weighted by atomic mass is 16.5. The Balaban J connectivity index is 2.05. The maximum absolute atomic E-state index is 5.81. The summed E-state index contributed by atoms with van der Waals surface area (Å²) in [5.74, 6) is 1.60. The number of hydrogen-bond acceptors (Lipinski definition) is 1. The molecule has 2 aromatic carbocycles. The lowest BCUT2D eigenvalue weighted by Gasteiger charge is -2.12. The molecule has 18 heavy (non-hydrogen) atoms. The van der Waals surface area contributed by atoms with Crippen molar-refractivity contribution in [1.29, 1.82) is 0 Å². The van der Waals surface area contributed by atoms with Gasteiger partial charge in [0.1, 0.15) is 12.4 Å². The monoisotopic (exact) mass is 240 g/mol. The first-order valence-electron chi connectivity index (χ1n) is 6.50. The van der Waals surface area contributed by atoms with Gasteiger partial charge in [-0.1, -0.05) is 56.3 Å². The molecule has 0 N–H and O–H groups in total. The minimum absolute atomic E-state index is 0.646. The molecule has 0 radical (unpaired) electrons. The molecule has 0 bridgehead atoms. The average molecular weight is 240 g/mol. The normalized spacial score (nSPS) is 10.6. The number of ether oxygens (including phenoxy) is 1. The second-order valence-electron chi connectivity index (χ2n) is 4.97. The van der Waals surface area contributed by atoms with E-state index in [9.17, 15) is 0 Å². The summed E-state index contributed by atoms with van der Waals surface area (Å²) in [5, 5.41) is 0. The molecule has 2 rings (SSSR count). The molecule has 1 heteroatoms. The zero-order valence-electron chi connectivity index (χ0n) is 11.1. The third-order valence-corrected chi connectivity index (χ3v) is 2.88. The average Bonchev–Trinajstić information content (AvgIpc) is 2.38. The minimum Gasteiger partial charge on any atom is -0.489 e. The number of para-hydroxylation sites is 1. The SMILES string of the molecule is CC(C)Cc1ccccc1COc1ccccc1. The van der Waals surface area contributed by atoms with Crippen LogP contribution < -0.4 is 4.74 Å². The molecule has 1 nitrogen and oxygen atoms in total. The van der Waals surface area contributed by atoms with Gasteiger partial charge in [0.15, 0.2) is 0 Å². The molecular formula is C17H20O. The molecule has 0 heterocycles. The van der Waals surface area contributed by atoms with Crippen molar-refractivity contribution >= 4 is 0 Å². The van der Waals surface area contributed by atoms with E-state index in [4.69, 9.17) is 4.74 Å². The number of rotatable bonds is 5. The second-order valence-corrected chi connectivity index (χ2v) is 4.97. The van der Waals surface area contributed by atoms with Crippen LogP contribution in [-0.4, -0.2) is 0 Å². The predicted octanol–water partition coefficient (Wildman–Crippen LogP) is 4.46. The number of benzene rings is 2. The van der Waals surface area contributed by atoms with Crippen molar-refractivity contribution in [3.63, 3.8) is 0 Å². The number of hydrogen-bond donors (Lipinski definition) is 0. The first-order valence-corrected chi connectivity index (χ1v) is 6.50. The summed E-state index contributed by atoms with van der Waals surface area (Å²) in [4.78, 5) is 0. The molecule has 94 valence electrons. The van der Waals surface area contributed by atoms with Gasteiger partial charge in [-0.05, 0) is 35.6 Å². The summed E-state index contributed by atoms with van der Waals surface area (Å²) in [5.41, 5.74) is 2.68. The highest BCUT2D eigenvalue weighted by molar-refractivity contribution is 5.28. The maximum Gasteiger partial charge on any atom is 0.119 e. The van der Waals surface area contributed by atoms with Crippen molar-refractivity contribution in [2.75, 3.05) is 0 Å². The molecule has 0 saturated carbocycles. The Morgan fingerprint density at radius 3 is 2.11 bits per heavy atom. The topological polar surface area (TPSA) is 9.23 Å². The Morgan fingerprint density at radius 1 is 0.833 bits per heavy atom. The van der Waals surface area contributed by atoms with Gasteiger partial charge >= 0.3 is 0 Å². The highest BCUT2D eigenvalue weighted by Gasteiger charge is 2.04. The van der Waals surface area contributed by atoms with Crippen LogP contribution >= 0.6 is 0 Å². The lowest BCUT2D eigenvalue weighted by molar-refractivity contribution is 0.304. The van der Waals surface area contributed by atoms with Crippen molar-refractivity contribution < 1.29 is 4.74 Å². The fraction of sp³-hybridized carbons (Fsp3) is 0.294. The second kappa shape index (κ2) is 6.25. The molecule has 0 aliphatic rings. The van der Waals surface area contributed by atoms with E-state index in [0.717, 1.165) is 12.2 Å². The largest absolute Gasteiger partial charge is 0.489 e. The van der Waals surface area contributed by atoms with E-state index in [0.29, 0.717) is 12.5 Å². The molecule has 0 saturated heterocycles. The van der Waals surface area contributed by atoms with Crippen LogP contribution in [0.25, 0.3) is 0 Å². The molecule has 0 fully saturated rings. The van der Waals surface area contributed by atoms with Crippen molar-refractivity contribution in [3.05, 3.63) is 65.7 Å². The van der Waals surface area contributed by atoms with Gasteiger partial charge in [-0.25, -0.2) is 0 Å². The van der Waals surface area contributed by atoms with E-state index in [1.807, 2.05) is 30.3 Å². The smallest absolute Gasteiger partial charge is 0.119 e. The summed E-state index contributed by atoms with van der Waals surface area (Å²) >= 11 is 0. The van der Waals surface area contributed by atoms with E-state index in [2.05, 4.69) is 38.1 Å². The molecule has 0 aliphatic heterocycles. The summed E-state index contributed by atoms with van der Waals surface area (Å²) in [6.45, 7) is 5.14. The van der Waals surface area contributed by atoms with Crippen LogP contribution in [0.4, 0.5) is 0 Å². The lowest BCUT2D eigenvalue weighted by Crippen LogP contribution is -2.03. The first kappa shape index (κ1) is 12.7. The molecule has 0 amide bonds. The fourth-order valence-corrected chi connectivity index (χ4v) is 2.02. The van der Waals surface area contributed by atoms with Gasteiger partial charge in [-0.2, -0.15) is 0 Å². The van der Waals surface area contributed by atoms with E-state index in [-0.39, 0.29) is 0 Å². The Labute approximate surface area is 109 Å². The van der Waals surface area contributed by atoms with Crippen LogP contribution in [0.2, 0.25) is 0 Å². The van der Waals surface area contributed by atoms with Crippen LogP contribution in [0.5, 0.6) is 5.75 Å². The van der Waals surface area contributed by atoms with Gasteiger partial charge in [0.2, 0.25) is 0 Å². The summed E-state index contributed by atoms with van der Waals surface area (Å²) in [6, 6.07) is 18.5. The highest BCUT2D eigenvalue weighted by Crippen LogP contribution is 2.17. The van der Waals surface area contributed by atoms with E-state index >= 15 is 0 Å². The van der Waals surface area contributed by atoms with Gasteiger partial charge in [0.25, 0.3) is 0 Å². The van der Waals surface area contributed by atoms with Crippen LogP contribution in [0.15, 0.2) is 54.6 Å². The fourth-order valence-electron chi connectivity index (χ4n) is 2.02. The van der Waals surface area contributed by atoms with E-state index in [1.165, 1.54) is 11.1 Å². The third kappa shape index (κ3) is 3.63. The summed E-state index contributed by atoms with van der Waals surface area (Å²) < 4.78 is 5.81. The van der Waals surface area contributed by atoms with Crippen molar-refractivity contribution in [3.8, 4) is 5.75 Å². The molecule has 2 aromatic rings. The first-order chi connectivity index (χ1) is 8.75. The van der Waals surface area contributed by atoms with Crippen molar-refractivity contribution in [1.82, 2.24) is 0 Å². The van der Waals surface area contributed by atoms with Gasteiger partial charge in [0, 0.05) is 0 Å². The van der Waals surface area contributed by atoms with Gasteiger partial charge in [-0.3, -0.25) is 0 Å². The van der Waals surface area contributed by atoms with E-state index < -0.39 is 0 Å².